The SMILES string of the molecule is Cc1cc2nc(/C(C#N)=C/c3ccc(OCc4ccccc4Cl)cc3)[nH]c2cc1C. The number of imidazole rings is 1. The number of nitrogens with zero attached hydrogens (tertiary/aromatic N) is 2. The van der Waals surface area contributed by atoms with Crippen LogP contribution in [0.2, 0.25) is 5.02 Å². The Morgan fingerprint density at radius 3 is 2.57 bits per heavy atom. The number of aromatic amines is 1. The lowest BCUT2D eigenvalue weighted by Crippen LogP contribution is -1.96. The molecule has 0 saturated carbocycles. The van der Waals surface area contributed by atoms with E-state index in [1.54, 1.807) is 0 Å². The molecule has 0 fully saturated rings. The van der Waals surface area contributed by atoms with E-state index in [2.05, 4.69) is 36.0 Å². The average Bonchev–Trinajstić information content (AvgIpc) is 3.15. The Labute approximate surface area is 180 Å². The van der Waals surface area contributed by atoms with E-state index in [1.807, 2.05) is 60.7 Å². The zero-order valence-electron chi connectivity index (χ0n) is 16.7. The molecule has 0 aliphatic rings. The molecule has 0 aliphatic carbocycles. The Kier molecular flexibility index (Phi) is 5.56. The summed E-state index contributed by atoms with van der Waals surface area (Å²) in [5.41, 5.74) is 6.46. The predicted molar refractivity (Wildman–Crippen MR) is 121 cm³/mol. The maximum atomic E-state index is 9.65. The zero-order valence-corrected chi connectivity index (χ0v) is 17.5. The Balaban J connectivity index is 1.53. The predicted octanol–water partition coefficient (Wildman–Crippen LogP) is 6.48. The molecule has 1 heterocycles. The first kappa shape index (κ1) is 19.8. The van der Waals surface area contributed by atoms with E-state index < -0.39 is 0 Å². The molecule has 1 aromatic heterocycles. The second kappa shape index (κ2) is 8.44. The molecule has 3 aromatic carbocycles. The van der Waals surface area contributed by atoms with Crippen molar-refractivity contribution in [3.05, 3.63) is 93.8 Å². The average molecular weight is 414 g/mol. The van der Waals surface area contributed by atoms with Gasteiger partial charge >= 0.3 is 0 Å². The smallest absolute Gasteiger partial charge is 0.149 e. The van der Waals surface area contributed by atoms with Crippen LogP contribution in [0.4, 0.5) is 0 Å². The fourth-order valence-electron chi connectivity index (χ4n) is 3.15. The minimum absolute atomic E-state index is 0.399. The molecule has 4 aromatic rings. The van der Waals surface area contributed by atoms with E-state index in [-0.39, 0.29) is 0 Å². The molecule has 1 N–H and O–H groups in total. The van der Waals surface area contributed by atoms with Crippen LogP contribution in [0.15, 0.2) is 60.7 Å². The number of ether oxygens (including phenoxy) is 1. The largest absolute Gasteiger partial charge is 0.489 e. The lowest BCUT2D eigenvalue weighted by molar-refractivity contribution is 0.306. The molecule has 0 atom stereocenters. The highest BCUT2D eigenvalue weighted by Gasteiger charge is 2.09. The number of hydrogen-bond acceptors (Lipinski definition) is 3. The van der Waals surface area contributed by atoms with E-state index in [1.165, 1.54) is 11.1 Å². The van der Waals surface area contributed by atoms with Gasteiger partial charge in [-0.3, -0.25) is 0 Å². The number of nitrogens with one attached hydrogen (secondary N) is 1. The van der Waals surface area contributed by atoms with E-state index in [4.69, 9.17) is 16.3 Å². The molecule has 0 saturated heterocycles. The number of benzene rings is 3. The van der Waals surface area contributed by atoms with E-state index in [0.717, 1.165) is 27.9 Å². The molecule has 4 rings (SSSR count). The number of rotatable bonds is 5. The highest BCUT2D eigenvalue weighted by atomic mass is 35.5. The number of aromatic nitrogens is 2. The lowest BCUT2D eigenvalue weighted by atomic mass is 10.1. The van der Waals surface area contributed by atoms with Crippen molar-refractivity contribution >= 4 is 34.3 Å². The maximum Gasteiger partial charge on any atom is 0.149 e. The number of hydrogen-bond donors (Lipinski definition) is 1. The summed E-state index contributed by atoms with van der Waals surface area (Å²) in [5, 5.41) is 10.3. The van der Waals surface area contributed by atoms with Crippen LogP contribution in [0.25, 0.3) is 22.7 Å². The van der Waals surface area contributed by atoms with Crippen LogP contribution in [0.3, 0.4) is 0 Å². The maximum absolute atomic E-state index is 9.65. The Bertz CT molecular complexity index is 1240. The fraction of sp³-hybridized carbons (Fsp3) is 0.120. The Morgan fingerprint density at radius 1 is 1.10 bits per heavy atom. The van der Waals surface area contributed by atoms with Crippen molar-refractivity contribution in [1.82, 2.24) is 9.97 Å². The summed E-state index contributed by atoms with van der Waals surface area (Å²) in [5.74, 6) is 1.30. The van der Waals surface area contributed by atoms with E-state index in [0.29, 0.717) is 23.0 Å². The molecule has 0 unspecified atom stereocenters. The molecule has 0 spiro atoms. The molecule has 0 amide bonds. The summed E-state index contributed by atoms with van der Waals surface area (Å²) < 4.78 is 5.82. The van der Waals surface area contributed by atoms with Gasteiger partial charge in [0.2, 0.25) is 0 Å². The van der Waals surface area contributed by atoms with Crippen molar-refractivity contribution in [2.75, 3.05) is 0 Å². The summed E-state index contributed by atoms with van der Waals surface area (Å²) in [6.45, 7) is 4.52. The van der Waals surface area contributed by atoms with Crippen molar-refractivity contribution in [3.8, 4) is 11.8 Å². The standard InChI is InChI=1S/C25H20ClN3O/c1-16-11-23-24(12-17(16)2)29-25(28-23)20(14-27)13-18-7-9-21(10-8-18)30-15-19-5-3-4-6-22(19)26/h3-13H,15H2,1-2H3,(H,28,29)/b20-13+. The van der Waals surface area contributed by atoms with Gasteiger partial charge in [-0.2, -0.15) is 5.26 Å². The molecule has 30 heavy (non-hydrogen) atoms. The van der Waals surface area contributed by atoms with Gasteiger partial charge in [-0.1, -0.05) is 41.9 Å². The van der Waals surface area contributed by atoms with Crippen molar-refractivity contribution < 1.29 is 4.74 Å². The van der Waals surface area contributed by atoms with Crippen LogP contribution >= 0.6 is 11.6 Å². The van der Waals surface area contributed by atoms with Crippen molar-refractivity contribution in [1.29, 1.82) is 5.26 Å². The molecule has 148 valence electrons. The van der Waals surface area contributed by atoms with Gasteiger partial charge in [0.1, 0.15) is 24.3 Å². The molecule has 4 nitrogen and oxygen atoms in total. The monoisotopic (exact) mass is 413 g/mol. The van der Waals surface area contributed by atoms with Crippen LogP contribution in [0, 0.1) is 25.2 Å². The minimum Gasteiger partial charge on any atom is -0.489 e. The summed E-state index contributed by atoms with van der Waals surface area (Å²) in [7, 11) is 0. The highest BCUT2D eigenvalue weighted by Crippen LogP contribution is 2.23. The summed E-state index contributed by atoms with van der Waals surface area (Å²) >= 11 is 6.17. The van der Waals surface area contributed by atoms with Crippen LogP contribution in [0.5, 0.6) is 5.75 Å². The number of allylic oxidation sites excluding steroid dienone is 1. The van der Waals surface area contributed by atoms with Gasteiger partial charge in [-0.05, 0) is 66.9 Å². The van der Waals surface area contributed by atoms with Crippen LogP contribution in [0.1, 0.15) is 28.1 Å². The third-order valence-electron chi connectivity index (χ3n) is 5.02. The first-order valence-corrected chi connectivity index (χ1v) is 9.96. The lowest BCUT2D eigenvalue weighted by Gasteiger charge is -2.08. The van der Waals surface area contributed by atoms with Gasteiger partial charge in [0.15, 0.2) is 0 Å². The Hall–Kier alpha value is -3.55. The van der Waals surface area contributed by atoms with Gasteiger partial charge in [0, 0.05) is 10.6 Å². The molecule has 0 bridgehead atoms. The van der Waals surface area contributed by atoms with Crippen LogP contribution in [-0.4, -0.2) is 9.97 Å². The van der Waals surface area contributed by atoms with Crippen molar-refractivity contribution in [2.45, 2.75) is 20.5 Å². The number of nitriles is 1. The quantitative estimate of drug-likeness (QED) is 0.381. The molecule has 5 heteroatoms. The highest BCUT2D eigenvalue weighted by molar-refractivity contribution is 6.31. The third kappa shape index (κ3) is 4.22. The molecular formula is C25H20ClN3O. The van der Waals surface area contributed by atoms with Gasteiger partial charge in [0.25, 0.3) is 0 Å². The first-order valence-electron chi connectivity index (χ1n) is 9.59. The number of aryl methyl sites for hydroxylation is 2. The first-order chi connectivity index (χ1) is 14.5. The summed E-state index contributed by atoms with van der Waals surface area (Å²) in [4.78, 5) is 7.84. The van der Waals surface area contributed by atoms with Crippen molar-refractivity contribution in [2.24, 2.45) is 0 Å². The summed E-state index contributed by atoms with van der Waals surface area (Å²) in [6, 6.07) is 21.5. The van der Waals surface area contributed by atoms with Gasteiger partial charge < -0.3 is 9.72 Å². The molecular weight excluding hydrogens is 394 g/mol. The van der Waals surface area contributed by atoms with Crippen LogP contribution in [-0.2, 0) is 6.61 Å². The molecule has 0 aliphatic heterocycles. The second-order valence-corrected chi connectivity index (χ2v) is 7.57. The number of halogens is 1. The minimum atomic E-state index is 0.399. The Morgan fingerprint density at radius 2 is 1.83 bits per heavy atom. The normalized spacial score (nSPS) is 11.5. The third-order valence-corrected chi connectivity index (χ3v) is 5.38. The van der Waals surface area contributed by atoms with Gasteiger partial charge in [-0.25, -0.2) is 4.98 Å². The van der Waals surface area contributed by atoms with E-state index >= 15 is 0 Å². The van der Waals surface area contributed by atoms with Gasteiger partial charge in [0.05, 0.1) is 16.6 Å². The number of H-pyrrole nitrogens is 1. The number of fused-ring (bicyclic) bond motifs is 1. The summed E-state index contributed by atoms with van der Waals surface area (Å²) in [6.07, 6.45) is 1.81. The molecule has 0 radical (unpaired) electrons. The van der Waals surface area contributed by atoms with Gasteiger partial charge in [-0.15, -0.1) is 0 Å². The van der Waals surface area contributed by atoms with Crippen molar-refractivity contribution in [3.63, 3.8) is 0 Å². The van der Waals surface area contributed by atoms with Crippen LogP contribution < -0.4 is 4.74 Å². The fourth-order valence-corrected chi connectivity index (χ4v) is 3.34. The zero-order chi connectivity index (χ0) is 21.1. The van der Waals surface area contributed by atoms with E-state index in [9.17, 15) is 5.26 Å². The second-order valence-electron chi connectivity index (χ2n) is 7.16. The topological polar surface area (TPSA) is 61.7 Å².